The second kappa shape index (κ2) is 13.5. The summed E-state index contributed by atoms with van der Waals surface area (Å²) in [5, 5.41) is 3.13. The minimum absolute atomic E-state index is 0.0709. The molecule has 2 aromatic carbocycles. The molecule has 0 fully saturated rings. The second-order valence-electron chi connectivity index (χ2n) is 9.91. The Morgan fingerprint density at radius 1 is 1.00 bits per heavy atom. The highest BCUT2D eigenvalue weighted by Crippen LogP contribution is 2.38. The number of carbonyl (C=O) groups is 3. The molecule has 42 heavy (non-hydrogen) atoms. The molecule has 2 amide bonds. The summed E-state index contributed by atoms with van der Waals surface area (Å²) >= 11 is 1.21. The van der Waals surface area contributed by atoms with E-state index in [2.05, 4.69) is 5.32 Å². The van der Waals surface area contributed by atoms with Gasteiger partial charge in [0.1, 0.15) is 5.00 Å². The molecule has 0 aliphatic carbocycles. The topological polar surface area (TPSA) is 122 Å². The molecular formula is C30H35N3O7S2. The van der Waals surface area contributed by atoms with E-state index in [1.54, 1.807) is 18.7 Å². The van der Waals surface area contributed by atoms with Crippen molar-refractivity contribution in [3.05, 3.63) is 81.7 Å². The number of hydrogen-bond acceptors (Lipinski definition) is 8. The van der Waals surface area contributed by atoms with Gasteiger partial charge in [-0.25, -0.2) is 18.0 Å². The summed E-state index contributed by atoms with van der Waals surface area (Å²) in [6.07, 6.45) is -0.0222. The van der Waals surface area contributed by atoms with Gasteiger partial charge in [-0.15, -0.1) is 11.3 Å². The predicted molar refractivity (Wildman–Crippen MR) is 160 cm³/mol. The summed E-state index contributed by atoms with van der Waals surface area (Å²) in [4.78, 5) is 40.8. The number of carbonyl (C=O) groups excluding carboxylic acids is 3. The molecule has 2 heterocycles. The number of fused-ring (bicyclic) bond motifs is 1. The van der Waals surface area contributed by atoms with Crippen LogP contribution in [0.3, 0.4) is 0 Å². The number of hydrogen-bond donors (Lipinski definition) is 1. The number of nitrogens with one attached hydrogen (secondary N) is 1. The van der Waals surface area contributed by atoms with Crippen LogP contribution in [0.2, 0.25) is 0 Å². The average Bonchev–Trinajstić information content (AvgIpc) is 3.33. The Bertz CT molecular complexity index is 1530. The van der Waals surface area contributed by atoms with E-state index in [1.807, 2.05) is 44.2 Å². The number of ether oxygens (including phenoxy) is 2. The molecule has 0 radical (unpaired) electrons. The van der Waals surface area contributed by atoms with Crippen molar-refractivity contribution in [3.8, 4) is 0 Å². The van der Waals surface area contributed by atoms with E-state index in [9.17, 15) is 22.8 Å². The highest BCUT2D eigenvalue weighted by molar-refractivity contribution is 7.89. The van der Waals surface area contributed by atoms with Crippen molar-refractivity contribution in [2.24, 2.45) is 0 Å². The fourth-order valence-electron chi connectivity index (χ4n) is 4.68. The van der Waals surface area contributed by atoms with Crippen molar-refractivity contribution >= 4 is 44.3 Å². The van der Waals surface area contributed by atoms with Crippen LogP contribution < -0.4 is 5.32 Å². The first kappa shape index (κ1) is 31.2. The maximum absolute atomic E-state index is 13.5. The number of benzene rings is 2. The minimum Gasteiger partial charge on any atom is -0.462 e. The molecule has 0 saturated heterocycles. The van der Waals surface area contributed by atoms with Crippen molar-refractivity contribution < 1.29 is 32.3 Å². The molecule has 1 aromatic heterocycles. The first-order chi connectivity index (χ1) is 20.1. The summed E-state index contributed by atoms with van der Waals surface area (Å²) in [5.74, 6) is -1.06. The molecular weight excluding hydrogens is 578 g/mol. The van der Waals surface area contributed by atoms with Crippen LogP contribution in [0.5, 0.6) is 0 Å². The van der Waals surface area contributed by atoms with Crippen molar-refractivity contribution in [2.75, 3.05) is 25.1 Å². The maximum Gasteiger partial charge on any atom is 0.410 e. The highest BCUT2D eigenvalue weighted by Gasteiger charge is 2.32. The van der Waals surface area contributed by atoms with Crippen LogP contribution in [0.1, 0.15) is 64.4 Å². The Morgan fingerprint density at radius 2 is 1.67 bits per heavy atom. The number of rotatable bonds is 10. The lowest BCUT2D eigenvalue weighted by atomic mass is 10.0. The molecule has 10 nitrogen and oxygen atoms in total. The van der Waals surface area contributed by atoms with E-state index >= 15 is 0 Å². The molecule has 4 rings (SSSR count). The fourth-order valence-corrected chi connectivity index (χ4v) is 7.55. The monoisotopic (exact) mass is 613 g/mol. The molecule has 224 valence electrons. The average molecular weight is 614 g/mol. The SMILES string of the molecule is CCOC(=O)c1c(NC(=O)c2ccc(S(=O)(=O)N(Cc3ccccc3)C(C)C)cc2)sc2c1CCN(C(=O)OCC)C2. The lowest BCUT2D eigenvalue weighted by Crippen LogP contribution is -2.36. The number of esters is 1. The lowest BCUT2D eigenvalue weighted by Gasteiger charge is -2.26. The third-order valence-corrected chi connectivity index (χ3v) is 9.94. The third kappa shape index (κ3) is 6.83. The first-order valence-corrected chi connectivity index (χ1v) is 16.0. The predicted octanol–water partition coefficient (Wildman–Crippen LogP) is 5.29. The van der Waals surface area contributed by atoms with Crippen LogP contribution in [0, 0.1) is 0 Å². The summed E-state index contributed by atoms with van der Waals surface area (Å²) in [7, 11) is -3.84. The van der Waals surface area contributed by atoms with Gasteiger partial charge < -0.3 is 19.7 Å². The standard InChI is InChI=1S/C30H35N3O7S2/c1-5-39-29(35)26-24-16-17-32(30(36)40-6-2)19-25(24)41-28(26)31-27(34)22-12-14-23(15-13-22)42(37,38)33(20(3)4)18-21-10-8-7-9-11-21/h7-15,20H,5-6,16-19H2,1-4H3,(H,31,34). The first-order valence-electron chi connectivity index (χ1n) is 13.8. The zero-order valence-corrected chi connectivity index (χ0v) is 25.7. The normalized spacial score (nSPS) is 13.1. The van der Waals surface area contributed by atoms with Crippen molar-refractivity contribution in [2.45, 2.75) is 58.1 Å². The van der Waals surface area contributed by atoms with Crippen LogP contribution in [0.25, 0.3) is 0 Å². The second-order valence-corrected chi connectivity index (χ2v) is 12.9. The maximum atomic E-state index is 13.5. The van der Waals surface area contributed by atoms with E-state index in [4.69, 9.17) is 9.47 Å². The Balaban J connectivity index is 1.56. The Labute approximate surface area is 250 Å². The quantitative estimate of drug-likeness (QED) is 0.308. The fraction of sp³-hybridized carbons (Fsp3) is 0.367. The molecule has 0 bridgehead atoms. The highest BCUT2D eigenvalue weighted by atomic mass is 32.2. The molecule has 0 spiro atoms. The molecule has 1 aliphatic rings. The van der Waals surface area contributed by atoms with Crippen LogP contribution in [-0.2, 0) is 39.0 Å². The number of anilines is 1. The van der Waals surface area contributed by atoms with Gasteiger partial charge in [0.25, 0.3) is 5.91 Å². The van der Waals surface area contributed by atoms with E-state index in [0.717, 1.165) is 16.0 Å². The van der Waals surface area contributed by atoms with E-state index in [1.165, 1.54) is 39.9 Å². The summed E-state index contributed by atoms with van der Waals surface area (Å²) in [5.41, 5.74) is 2.11. The molecule has 0 atom stereocenters. The molecule has 1 aliphatic heterocycles. The summed E-state index contributed by atoms with van der Waals surface area (Å²) in [6.45, 7) is 8.33. The molecule has 1 N–H and O–H groups in total. The largest absolute Gasteiger partial charge is 0.462 e. The molecule has 12 heteroatoms. The Kier molecular flexibility index (Phi) is 10.0. The number of sulfonamides is 1. The van der Waals surface area contributed by atoms with Crippen LogP contribution in [0.4, 0.5) is 9.80 Å². The van der Waals surface area contributed by atoms with Gasteiger partial charge in [-0.2, -0.15) is 4.31 Å². The Morgan fingerprint density at radius 3 is 2.29 bits per heavy atom. The van der Waals surface area contributed by atoms with Gasteiger partial charge in [0, 0.05) is 29.6 Å². The van der Waals surface area contributed by atoms with Gasteiger partial charge in [-0.3, -0.25) is 4.79 Å². The van der Waals surface area contributed by atoms with Crippen molar-refractivity contribution in [3.63, 3.8) is 0 Å². The van der Waals surface area contributed by atoms with Crippen LogP contribution >= 0.6 is 11.3 Å². The zero-order valence-electron chi connectivity index (χ0n) is 24.1. The van der Waals surface area contributed by atoms with Gasteiger partial charge in [0.2, 0.25) is 10.0 Å². The summed E-state index contributed by atoms with van der Waals surface area (Å²) in [6, 6.07) is 14.8. The van der Waals surface area contributed by atoms with Gasteiger partial charge in [0.15, 0.2) is 0 Å². The Hall–Kier alpha value is -3.74. The molecule has 0 unspecified atom stereocenters. The zero-order chi connectivity index (χ0) is 30.4. The smallest absolute Gasteiger partial charge is 0.410 e. The number of amides is 2. The van der Waals surface area contributed by atoms with Crippen molar-refractivity contribution in [1.29, 1.82) is 0 Å². The minimum atomic E-state index is -3.84. The summed E-state index contributed by atoms with van der Waals surface area (Å²) < 4.78 is 38.8. The van der Waals surface area contributed by atoms with Gasteiger partial charge >= 0.3 is 12.1 Å². The molecule has 3 aromatic rings. The van der Waals surface area contributed by atoms with E-state index in [0.29, 0.717) is 18.0 Å². The van der Waals surface area contributed by atoms with E-state index in [-0.39, 0.29) is 48.4 Å². The lowest BCUT2D eigenvalue weighted by molar-refractivity contribution is 0.0526. The van der Waals surface area contributed by atoms with E-state index < -0.39 is 28.0 Å². The van der Waals surface area contributed by atoms with Gasteiger partial charge in [-0.05, 0) is 69.5 Å². The third-order valence-electron chi connectivity index (χ3n) is 6.77. The number of nitrogens with zero attached hydrogens (tertiary/aromatic N) is 2. The molecule has 0 saturated carbocycles. The van der Waals surface area contributed by atoms with Crippen molar-refractivity contribution in [1.82, 2.24) is 9.21 Å². The van der Waals surface area contributed by atoms with Gasteiger partial charge in [-0.1, -0.05) is 30.3 Å². The van der Waals surface area contributed by atoms with Crippen LogP contribution in [0.15, 0.2) is 59.5 Å². The van der Waals surface area contributed by atoms with Gasteiger partial charge in [0.05, 0.1) is 30.2 Å². The number of thiophene rings is 1. The van der Waals surface area contributed by atoms with Crippen LogP contribution in [-0.4, -0.2) is 61.4 Å².